The van der Waals surface area contributed by atoms with E-state index in [1.807, 2.05) is 13.8 Å². The highest BCUT2D eigenvalue weighted by Crippen LogP contribution is 2.44. The monoisotopic (exact) mass is 797 g/mol. The number of nitrogens with zero attached hydrogens (tertiary/aromatic N) is 3. The average molecular weight is 798 g/mol. The Morgan fingerprint density at radius 2 is 1.67 bits per heavy atom. The fraction of sp³-hybridized carbons (Fsp3) is 0.538. The van der Waals surface area contributed by atoms with E-state index >= 15 is 0 Å². The Morgan fingerprint density at radius 3 is 2.29 bits per heavy atom. The number of carbonyl (C=O) groups excluding carboxylic acids is 3. The molecule has 5 rings (SSSR count). The number of benzene rings is 1. The summed E-state index contributed by atoms with van der Waals surface area (Å²) in [5.74, 6) is -1.57. The molecule has 9 nitrogen and oxygen atoms in total. The van der Waals surface area contributed by atoms with Crippen LogP contribution in [0.4, 0.5) is 26.3 Å². The van der Waals surface area contributed by atoms with Crippen molar-refractivity contribution in [2.24, 2.45) is 5.41 Å². The number of pyridine rings is 1. The SMILES string of the molecule is CCC[C@H]1N(C(=O)c2ncccc2C(F)(F)F)CCC[C@@]1(Oc1csc(C(F)(F)F)c1)C(=O)N1CCC(O)(c2ccccc2OCCC(C)(C)C(C)=O)CC1. The molecule has 1 aromatic carbocycles. The van der Waals surface area contributed by atoms with Gasteiger partial charge in [0, 0.05) is 54.7 Å². The van der Waals surface area contributed by atoms with Gasteiger partial charge in [-0.05, 0) is 57.2 Å². The summed E-state index contributed by atoms with van der Waals surface area (Å²) in [6.45, 7) is 7.02. The number of hydrogen-bond donors (Lipinski definition) is 1. The van der Waals surface area contributed by atoms with Crippen LogP contribution in [0, 0.1) is 5.41 Å². The first-order valence-corrected chi connectivity index (χ1v) is 19.0. The molecule has 2 saturated heterocycles. The van der Waals surface area contributed by atoms with Gasteiger partial charge < -0.3 is 24.4 Å². The lowest BCUT2D eigenvalue weighted by Crippen LogP contribution is -2.68. The molecule has 1 N–H and O–H groups in total. The van der Waals surface area contributed by atoms with Crippen LogP contribution in [0.25, 0.3) is 0 Å². The van der Waals surface area contributed by atoms with Crippen molar-refractivity contribution in [3.8, 4) is 11.5 Å². The number of thiophene rings is 1. The molecule has 0 saturated carbocycles. The molecule has 0 spiro atoms. The van der Waals surface area contributed by atoms with Gasteiger partial charge in [-0.15, -0.1) is 11.3 Å². The van der Waals surface area contributed by atoms with Gasteiger partial charge in [0.25, 0.3) is 11.8 Å². The van der Waals surface area contributed by atoms with E-state index in [9.17, 15) is 45.8 Å². The smallest absolute Gasteiger partial charge is 0.425 e. The molecule has 2 amide bonds. The topological polar surface area (TPSA) is 109 Å². The minimum Gasteiger partial charge on any atom is -0.493 e. The normalized spacial score (nSPS) is 20.6. The van der Waals surface area contributed by atoms with Crippen molar-refractivity contribution >= 4 is 28.9 Å². The molecule has 0 unspecified atom stereocenters. The third-order valence-electron chi connectivity index (χ3n) is 10.7. The number of aromatic nitrogens is 1. The van der Waals surface area contributed by atoms with Gasteiger partial charge in [0.05, 0.1) is 23.8 Å². The van der Waals surface area contributed by atoms with E-state index in [0.717, 1.165) is 34.7 Å². The van der Waals surface area contributed by atoms with E-state index in [2.05, 4.69) is 4.98 Å². The Hall–Kier alpha value is -4.18. The summed E-state index contributed by atoms with van der Waals surface area (Å²) in [6, 6.07) is 8.30. The maximum Gasteiger partial charge on any atom is 0.425 e. The number of Topliss-reactive ketones (excluding diaryl/α,β-unsaturated/α-hetero) is 1. The van der Waals surface area contributed by atoms with Crippen LogP contribution < -0.4 is 9.47 Å². The van der Waals surface area contributed by atoms with Gasteiger partial charge in [0.1, 0.15) is 27.9 Å². The number of para-hydroxylation sites is 1. The minimum absolute atomic E-state index is 0.0102. The number of ether oxygens (including phenoxy) is 2. The third kappa shape index (κ3) is 8.95. The second kappa shape index (κ2) is 16.1. The van der Waals surface area contributed by atoms with E-state index in [1.165, 1.54) is 11.8 Å². The van der Waals surface area contributed by atoms with Crippen LogP contribution in [0.5, 0.6) is 11.5 Å². The zero-order valence-electron chi connectivity index (χ0n) is 31.1. The number of aliphatic hydroxyl groups is 1. The Kier molecular flexibility index (Phi) is 12.3. The molecule has 300 valence electrons. The maximum absolute atomic E-state index is 14.9. The van der Waals surface area contributed by atoms with Gasteiger partial charge >= 0.3 is 12.4 Å². The lowest BCUT2D eigenvalue weighted by Gasteiger charge is -2.51. The molecule has 3 aromatic rings. The second-order valence-corrected chi connectivity index (χ2v) is 15.7. The largest absolute Gasteiger partial charge is 0.493 e. The van der Waals surface area contributed by atoms with Crippen LogP contribution in [0.3, 0.4) is 0 Å². The Bertz CT molecular complexity index is 1860. The number of alkyl halides is 6. The molecule has 16 heteroatoms. The van der Waals surface area contributed by atoms with Gasteiger partial charge in [-0.25, -0.2) is 0 Å². The van der Waals surface area contributed by atoms with Crippen molar-refractivity contribution in [1.82, 2.24) is 14.8 Å². The van der Waals surface area contributed by atoms with Gasteiger partial charge in [-0.1, -0.05) is 45.4 Å². The van der Waals surface area contributed by atoms with Crippen molar-refractivity contribution in [2.45, 2.75) is 102 Å². The first-order chi connectivity index (χ1) is 25.7. The summed E-state index contributed by atoms with van der Waals surface area (Å²) >= 11 is 0.369. The Balaban J connectivity index is 1.47. The number of piperidine rings is 2. The van der Waals surface area contributed by atoms with E-state index in [0.29, 0.717) is 35.5 Å². The predicted molar refractivity (Wildman–Crippen MR) is 192 cm³/mol. The molecule has 2 aliphatic heterocycles. The highest BCUT2D eigenvalue weighted by Gasteiger charge is 2.57. The quantitative estimate of drug-likeness (QED) is 0.184. The van der Waals surface area contributed by atoms with E-state index in [4.69, 9.17) is 9.47 Å². The maximum atomic E-state index is 14.9. The fourth-order valence-electron chi connectivity index (χ4n) is 7.26. The van der Waals surface area contributed by atoms with Crippen molar-refractivity contribution in [3.05, 3.63) is 75.7 Å². The van der Waals surface area contributed by atoms with Gasteiger partial charge in [-0.3, -0.25) is 19.4 Å². The number of amides is 2. The molecule has 2 fully saturated rings. The number of carbonyl (C=O) groups is 3. The molecular formula is C39H45F6N3O6S. The number of rotatable bonds is 12. The number of hydrogen-bond acceptors (Lipinski definition) is 8. The summed E-state index contributed by atoms with van der Waals surface area (Å²) < 4.78 is 95.6. The lowest BCUT2D eigenvalue weighted by molar-refractivity contribution is -0.163. The third-order valence-corrected chi connectivity index (χ3v) is 11.7. The van der Waals surface area contributed by atoms with Crippen LogP contribution >= 0.6 is 11.3 Å². The predicted octanol–water partition coefficient (Wildman–Crippen LogP) is 8.30. The molecular weight excluding hydrogens is 752 g/mol. The highest BCUT2D eigenvalue weighted by molar-refractivity contribution is 7.10. The van der Waals surface area contributed by atoms with E-state index < -0.39 is 63.0 Å². The number of halogens is 6. The molecule has 2 aromatic heterocycles. The van der Waals surface area contributed by atoms with Gasteiger partial charge in [-0.2, -0.15) is 26.3 Å². The van der Waals surface area contributed by atoms with Crippen molar-refractivity contribution in [1.29, 1.82) is 0 Å². The number of likely N-dealkylation sites (tertiary alicyclic amines) is 2. The first-order valence-electron chi connectivity index (χ1n) is 18.2. The molecule has 0 aliphatic carbocycles. The molecule has 2 aliphatic rings. The molecule has 4 heterocycles. The van der Waals surface area contributed by atoms with Crippen molar-refractivity contribution < 1.29 is 55.3 Å². The Labute approximate surface area is 319 Å². The zero-order chi connectivity index (χ0) is 40.4. The Morgan fingerprint density at radius 1 is 0.982 bits per heavy atom. The van der Waals surface area contributed by atoms with E-state index in [-0.39, 0.29) is 69.9 Å². The minimum atomic E-state index is -4.91. The molecule has 2 atom stereocenters. The summed E-state index contributed by atoms with van der Waals surface area (Å²) in [5, 5.41) is 13.1. The van der Waals surface area contributed by atoms with E-state index in [1.54, 1.807) is 31.2 Å². The second-order valence-electron chi connectivity index (χ2n) is 14.8. The lowest BCUT2D eigenvalue weighted by atomic mass is 9.78. The van der Waals surface area contributed by atoms with Gasteiger partial charge in [0.15, 0.2) is 0 Å². The van der Waals surface area contributed by atoms with Crippen molar-refractivity contribution in [3.63, 3.8) is 0 Å². The highest BCUT2D eigenvalue weighted by atomic mass is 32.1. The molecule has 0 radical (unpaired) electrons. The zero-order valence-corrected chi connectivity index (χ0v) is 31.9. The molecule has 0 bridgehead atoms. The van der Waals surface area contributed by atoms with Gasteiger partial charge in [0.2, 0.25) is 5.60 Å². The fourth-order valence-corrected chi connectivity index (χ4v) is 7.94. The van der Waals surface area contributed by atoms with Crippen molar-refractivity contribution in [2.75, 3.05) is 26.2 Å². The summed E-state index contributed by atoms with van der Waals surface area (Å²) in [6.07, 6.45) is -7.58. The standard InChI is InChI=1S/C39H45F6N3O6S/c1-5-10-30-37(54-26-23-31(55-24-26)39(43,44)45,14-9-19-48(30)33(50)32-28(38(40,41)42)12-8-18-46-32)34(51)47-20-15-36(52,16-21-47)27-11-6-7-13-29(27)53-22-17-35(3,4)25(2)49/h6-8,11-13,18,23-24,30,52H,5,9-10,14-17,19-22H2,1-4H3/t30-,37+/m1/s1. The van der Waals surface area contributed by atoms with Crippen LogP contribution in [-0.2, 0) is 27.5 Å². The summed E-state index contributed by atoms with van der Waals surface area (Å²) in [7, 11) is 0. The van der Waals surface area contributed by atoms with Crippen LogP contribution in [0.15, 0.2) is 54.0 Å². The van der Waals surface area contributed by atoms with Crippen LogP contribution in [-0.4, -0.2) is 75.4 Å². The number of ketones is 1. The first kappa shape index (κ1) is 42.0. The van der Waals surface area contributed by atoms with Crippen LogP contribution in [0.1, 0.15) is 99.1 Å². The average Bonchev–Trinajstić information content (AvgIpc) is 3.61. The molecule has 55 heavy (non-hydrogen) atoms. The summed E-state index contributed by atoms with van der Waals surface area (Å²) in [5.41, 5.74) is -5.67. The summed E-state index contributed by atoms with van der Waals surface area (Å²) in [4.78, 5) is 46.4. The van der Waals surface area contributed by atoms with Crippen LogP contribution in [0.2, 0.25) is 0 Å².